The van der Waals surface area contributed by atoms with Crippen LogP contribution in [0.4, 0.5) is 26.3 Å². The lowest BCUT2D eigenvalue weighted by Gasteiger charge is -2.30. The first kappa shape index (κ1) is 28.8. The standard InChI is InChI=1S/C31H32F6O2/c1-3-4-5-16-38-24-14-15-25(31(37)30(24)36)39-17-21-11-13-23(29(35)27(21)33)20-9-7-19(8-10-20)22-12-6-18(2)26(32)28(22)34/h6,11-15,19-20H,3-5,7-10,16-17H2,1-2H3. The van der Waals surface area contributed by atoms with Gasteiger partial charge in [0.15, 0.2) is 34.8 Å². The molecule has 0 aromatic heterocycles. The Morgan fingerprint density at radius 1 is 0.615 bits per heavy atom. The molecular formula is C31H32F6O2. The smallest absolute Gasteiger partial charge is 0.204 e. The first-order valence-electron chi connectivity index (χ1n) is 13.4. The number of aryl methyl sites for hydroxylation is 1. The van der Waals surface area contributed by atoms with Gasteiger partial charge in [-0.05, 0) is 79.7 Å². The molecule has 0 saturated heterocycles. The topological polar surface area (TPSA) is 18.5 Å². The molecule has 8 heteroatoms. The second kappa shape index (κ2) is 12.8. The van der Waals surface area contributed by atoms with E-state index < -0.39 is 47.3 Å². The van der Waals surface area contributed by atoms with E-state index in [1.165, 1.54) is 31.2 Å². The fourth-order valence-electron chi connectivity index (χ4n) is 5.15. The molecule has 0 amide bonds. The summed E-state index contributed by atoms with van der Waals surface area (Å²) in [5, 5.41) is 0. The van der Waals surface area contributed by atoms with E-state index in [9.17, 15) is 22.0 Å². The van der Waals surface area contributed by atoms with Crippen LogP contribution in [0.15, 0.2) is 36.4 Å². The van der Waals surface area contributed by atoms with Crippen LogP contribution in [0.1, 0.15) is 86.0 Å². The van der Waals surface area contributed by atoms with E-state index >= 15 is 4.39 Å². The Bertz CT molecular complexity index is 1300. The molecule has 210 valence electrons. The van der Waals surface area contributed by atoms with Gasteiger partial charge in [-0.2, -0.15) is 8.78 Å². The van der Waals surface area contributed by atoms with Gasteiger partial charge in [0.2, 0.25) is 11.6 Å². The van der Waals surface area contributed by atoms with Gasteiger partial charge in [0, 0.05) is 5.56 Å². The minimum Gasteiger partial charge on any atom is -0.490 e. The number of ether oxygens (including phenoxy) is 2. The highest BCUT2D eigenvalue weighted by atomic mass is 19.2. The predicted octanol–water partition coefficient (Wildman–Crippen LogP) is 9.42. The van der Waals surface area contributed by atoms with Crippen molar-refractivity contribution in [2.45, 2.75) is 77.2 Å². The van der Waals surface area contributed by atoms with Crippen molar-refractivity contribution in [1.29, 1.82) is 0 Å². The SMILES string of the molecule is CCCCCOc1ccc(OCc2ccc(C3CCC(c4ccc(C)c(F)c4F)CC3)c(F)c2F)c(F)c1F. The highest BCUT2D eigenvalue weighted by molar-refractivity contribution is 5.36. The van der Waals surface area contributed by atoms with Crippen molar-refractivity contribution >= 4 is 0 Å². The summed E-state index contributed by atoms with van der Waals surface area (Å²) in [6, 6.07) is 8.42. The summed E-state index contributed by atoms with van der Waals surface area (Å²) in [5.74, 6) is -7.43. The van der Waals surface area contributed by atoms with E-state index in [1.54, 1.807) is 12.1 Å². The van der Waals surface area contributed by atoms with Gasteiger partial charge in [-0.3, -0.25) is 0 Å². The van der Waals surface area contributed by atoms with Crippen molar-refractivity contribution in [3.63, 3.8) is 0 Å². The molecule has 0 heterocycles. The predicted molar refractivity (Wildman–Crippen MR) is 137 cm³/mol. The fourth-order valence-corrected chi connectivity index (χ4v) is 5.15. The van der Waals surface area contributed by atoms with Crippen LogP contribution in [-0.2, 0) is 6.61 Å². The van der Waals surface area contributed by atoms with Crippen LogP contribution in [0.3, 0.4) is 0 Å². The van der Waals surface area contributed by atoms with Gasteiger partial charge in [-0.1, -0.05) is 44.0 Å². The highest BCUT2D eigenvalue weighted by Gasteiger charge is 2.29. The number of hydrogen-bond donors (Lipinski definition) is 0. The molecule has 0 aliphatic heterocycles. The molecule has 0 unspecified atom stereocenters. The maximum atomic E-state index is 15.0. The third-order valence-electron chi connectivity index (χ3n) is 7.50. The van der Waals surface area contributed by atoms with Crippen LogP contribution < -0.4 is 9.47 Å². The maximum Gasteiger partial charge on any atom is 0.204 e. The lowest BCUT2D eigenvalue weighted by molar-refractivity contribution is 0.262. The minimum atomic E-state index is -1.26. The molecule has 1 fully saturated rings. The van der Waals surface area contributed by atoms with E-state index in [0.717, 1.165) is 12.8 Å². The summed E-state index contributed by atoms with van der Waals surface area (Å²) in [5.41, 5.74) is 0.618. The Hall–Kier alpha value is -3.16. The summed E-state index contributed by atoms with van der Waals surface area (Å²) in [6.07, 6.45) is 4.58. The summed E-state index contributed by atoms with van der Waals surface area (Å²) in [4.78, 5) is 0. The van der Waals surface area contributed by atoms with E-state index in [0.29, 0.717) is 37.7 Å². The van der Waals surface area contributed by atoms with Crippen LogP contribution in [0, 0.1) is 41.8 Å². The van der Waals surface area contributed by atoms with Crippen molar-refractivity contribution in [2.24, 2.45) is 0 Å². The highest BCUT2D eigenvalue weighted by Crippen LogP contribution is 2.42. The second-order valence-electron chi connectivity index (χ2n) is 10.1. The quantitative estimate of drug-likeness (QED) is 0.185. The third-order valence-corrected chi connectivity index (χ3v) is 7.50. The number of unbranched alkanes of at least 4 members (excludes halogenated alkanes) is 2. The molecule has 2 nitrogen and oxygen atoms in total. The number of halogens is 6. The number of hydrogen-bond acceptors (Lipinski definition) is 2. The van der Waals surface area contributed by atoms with Crippen molar-refractivity contribution in [1.82, 2.24) is 0 Å². The van der Waals surface area contributed by atoms with Gasteiger partial charge in [0.1, 0.15) is 6.61 Å². The van der Waals surface area contributed by atoms with E-state index in [-0.39, 0.29) is 40.9 Å². The summed E-state index contributed by atoms with van der Waals surface area (Å²) < 4.78 is 97.7. The molecular weight excluding hydrogens is 518 g/mol. The molecule has 0 atom stereocenters. The van der Waals surface area contributed by atoms with Gasteiger partial charge < -0.3 is 9.47 Å². The molecule has 3 aromatic rings. The molecule has 1 aliphatic carbocycles. The summed E-state index contributed by atoms with van der Waals surface area (Å²) in [7, 11) is 0. The molecule has 0 radical (unpaired) electrons. The van der Waals surface area contributed by atoms with Crippen molar-refractivity contribution in [3.8, 4) is 11.5 Å². The van der Waals surface area contributed by atoms with Gasteiger partial charge >= 0.3 is 0 Å². The molecule has 0 spiro atoms. The fraction of sp³-hybridized carbons (Fsp3) is 0.419. The van der Waals surface area contributed by atoms with Crippen molar-refractivity contribution < 1.29 is 35.8 Å². The molecule has 0 N–H and O–H groups in total. The van der Waals surface area contributed by atoms with Crippen LogP contribution in [0.25, 0.3) is 0 Å². The second-order valence-corrected chi connectivity index (χ2v) is 10.1. The average Bonchev–Trinajstić information content (AvgIpc) is 2.94. The zero-order valence-electron chi connectivity index (χ0n) is 22.1. The van der Waals surface area contributed by atoms with E-state index in [2.05, 4.69) is 0 Å². The zero-order valence-corrected chi connectivity index (χ0v) is 22.1. The lowest BCUT2D eigenvalue weighted by atomic mass is 9.75. The minimum absolute atomic E-state index is 0.137. The van der Waals surface area contributed by atoms with E-state index in [1.807, 2.05) is 6.92 Å². The lowest BCUT2D eigenvalue weighted by Crippen LogP contribution is -2.16. The van der Waals surface area contributed by atoms with Gasteiger partial charge in [-0.25, -0.2) is 17.6 Å². The summed E-state index contributed by atoms with van der Waals surface area (Å²) in [6.45, 7) is 3.27. The molecule has 4 rings (SSSR count). The Morgan fingerprint density at radius 2 is 1.15 bits per heavy atom. The molecule has 1 aliphatic rings. The largest absolute Gasteiger partial charge is 0.490 e. The third kappa shape index (κ3) is 6.36. The van der Waals surface area contributed by atoms with Crippen LogP contribution >= 0.6 is 0 Å². The monoisotopic (exact) mass is 550 g/mol. The van der Waals surface area contributed by atoms with Gasteiger partial charge in [0.05, 0.1) is 6.61 Å². The number of rotatable bonds is 10. The van der Waals surface area contributed by atoms with Crippen molar-refractivity contribution in [2.75, 3.05) is 6.61 Å². The van der Waals surface area contributed by atoms with Crippen molar-refractivity contribution in [3.05, 3.63) is 93.6 Å². The molecule has 3 aromatic carbocycles. The number of benzene rings is 3. The first-order valence-corrected chi connectivity index (χ1v) is 13.4. The van der Waals surface area contributed by atoms with Crippen LogP contribution in [0.2, 0.25) is 0 Å². The molecule has 1 saturated carbocycles. The molecule has 0 bridgehead atoms. The molecule has 39 heavy (non-hydrogen) atoms. The van der Waals surface area contributed by atoms with Gasteiger partial charge in [0.25, 0.3) is 0 Å². The zero-order chi connectivity index (χ0) is 28.1. The normalized spacial score (nSPS) is 17.3. The summed E-state index contributed by atoms with van der Waals surface area (Å²) >= 11 is 0. The van der Waals surface area contributed by atoms with Gasteiger partial charge in [-0.15, -0.1) is 0 Å². The Kier molecular flexibility index (Phi) is 9.46. The Balaban J connectivity index is 1.39. The maximum absolute atomic E-state index is 15.0. The van der Waals surface area contributed by atoms with E-state index in [4.69, 9.17) is 9.47 Å². The first-order chi connectivity index (χ1) is 18.7. The Morgan fingerprint density at radius 3 is 1.74 bits per heavy atom. The average molecular weight is 551 g/mol. The Labute approximate surface area is 225 Å². The van der Waals surface area contributed by atoms with Crippen LogP contribution in [-0.4, -0.2) is 6.61 Å². The van der Waals surface area contributed by atoms with Crippen LogP contribution in [0.5, 0.6) is 11.5 Å².